The standard InChI is InChI=1S/C25H26N2O4S/c1-18-9-12-22(13-10-18)32(29,30)27-15-5-7-20-16-21(11-14-23(20)27)26-25(28)17-31-24-8-4-3-6-19(24)2/h3-4,6,8-14,16H,5,7,15,17H2,1-2H3,(H,26,28). The number of carbonyl (C=O) groups is 1. The van der Waals surface area contributed by atoms with E-state index in [1.165, 1.54) is 4.31 Å². The molecule has 0 fully saturated rings. The lowest BCUT2D eigenvalue weighted by Crippen LogP contribution is -2.35. The van der Waals surface area contributed by atoms with E-state index in [4.69, 9.17) is 4.74 Å². The van der Waals surface area contributed by atoms with Crippen LogP contribution < -0.4 is 14.4 Å². The number of benzene rings is 3. The lowest BCUT2D eigenvalue weighted by Gasteiger charge is -2.31. The van der Waals surface area contributed by atoms with Crippen molar-refractivity contribution in [2.24, 2.45) is 0 Å². The zero-order valence-electron chi connectivity index (χ0n) is 18.2. The smallest absolute Gasteiger partial charge is 0.264 e. The molecule has 1 N–H and O–H groups in total. The van der Waals surface area contributed by atoms with Crippen molar-refractivity contribution in [1.29, 1.82) is 0 Å². The Balaban J connectivity index is 1.49. The average molecular weight is 451 g/mol. The number of hydrogen-bond acceptors (Lipinski definition) is 4. The fourth-order valence-electron chi connectivity index (χ4n) is 3.79. The highest BCUT2D eigenvalue weighted by Gasteiger charge is 2.29. The van der Waals surface area contributed by atoms with Crippen molar-refractivity contribution in [3.8, 4) is 5.75 Å². The van der Waals surface area contributed by atoms with Crippen molar-refractivity contribution in [3.63, 3.8) is 0 Å². The van der Waals surface area contributed by atoms with Crippen LogP contribution in [0, 0.1) is 13.8 Å². The molecule has 32 heavy (non-hydrogen) atoms. The van der Waals surface area contributed by atoms with Gasteiger partial charge in [-0.15, -0.1) is 0 Å². The molecule has 1 aliphatic rings. The molecule has 0 saturated heterocycles. The van der Waals surface area contributed by atoms with E-state index in [0.29, 0.717) is 30.1 Å². The number of nitrogens with zero attached hydrogens (tertiary/aromatic N) is 1. The molecule has 0 aliphatic carbocycles. The number of carbonyl (C=O) groups excluding carboxylic acids is 1. The number of hydrogen-bond donors (Lipinski definition) is 1. The molecule has 0 spiro atoms. The van der Waals surface area contributed by atoms with Gasteiger partial charge in [0.05, 0.1) is 10.6 Å². The topological polar surface area (TPSA) is 75.7 Å². The third-order valence-corrected chi connectivity index (χ3v) is 7.33. The summed E-state index contributed by atoms with van der Waals surface area (Å²) >= 11 is 0. The molecule has 7 heteroatoms. The number of aryl methyl sites for hydroxylation is 3. The van der Waals surface area contributed by atoms with Crippen LogP contribution in [0.3, 0.4) is 0 Å². The summed E-state index contributed by atoms with van der Waals surface area (Å²) in [4.78, 5) is 12.6. The molecule has 0 saturated carbocycles. The summed E-state index contributed by atoms with van der Waals surface area (Å²) in [6.45, 7) is 4.18. The van der Waals surface area contributed by atoms with Gasteiger partial charge < -0.3 is 10.1 Å². The van der Waals surface area contributed by atoms with Gasteiger partial charge in [-0.05, 0) is 74.2 Å². The molecule has 3 aromatic rings. The van der Waals surface area contributed by atoms with Crippen LogP contribution in [0.4, 0.5) is 11.4 Å². The molecule has 166 valence electrons. The minimum absolute atomic E-state index is 0.101. The Labute approximate surface area is 188 Å². The Morgan fingerprint density at radius 2 is 1.78 bits per heavy atom. The highest BCUT2D eigenvalue weighted by atomic mass is 32.2. The molecule has 1 aliphatic heterocycles. The molecule has 0 atom stereocenters. The van der Waals surface area contributed by atoms with Gasteiger partial charge >= 0.3 is 0 Å². The third-order valence-electron chi connectivity index (χ3n) is 5.50. The molecular formula is C25H26N2O4S. The van der Waals surface area contributed by atoms with Crippen LogP contribution in [0.2, 0.25) is 0 Å². The van der Waals surface area contributed by atoms with Crippen LogP contribution in [0.5, 0.6) is 5.75 Å². The Hall–Kier alpha value is -3.32. The van der Waals surface area contributed by atoms with Gasteiger partial charge in [-0.25, -0.2) is 8.42 Å². The first-order valence-electron chi connectivity index (χ1n) is 10.6. The number of rotatable bonds is 6. The molecular weight excluding hydrogens is 424 g/mol. The van der Waals surface area contributed by atoms with Crippen molar-refractivity contribution in [3.05, 3.63) is 83.4 Å². The Kier molecular flexibility index (Phi) is 6.19. The van der Waals surface area contributed by atoms with Crippen molar-refractivity contribution < 1.29 is 17.9 Å². The van der Waals surface area contributed by atoms with Gasteiger partial charge in [0, 0.05) is 12.2 Å². The van der Waals surface area contributed by atoms with Crippen molar-refractivity contribution in [1.82, 2.24) is 0 Å². The average Bonchev–Trinajstić information content (AvgIpc) is 2.78. The van der Waals surface area contributed by atoms with Gasteiger partial charge in [-0.2, -0.15) is 0 Å². The molecule has 6 nitrogen and oxygen atoms in total. The van der Waals surface area contributed by atoms with Gasteiger partial charge in [0.15, 0.2) is 6.61 Å². The minimum atomic E-state index is -3.65. The van der Waals surface area contributed by atoms with E-state index < -0.39 is 10.0 Å². The second-order valence-corrected chi connectivity index (χ2v) is 9.80. The van der Waals surface area contributed by atoms with Crippen molar-refractivity contribution >= 4 is 27.3 Å². The van der Waals surface area contributed by atoms with Crippen molar-refractivity contribution in [2.75, 3.05) is 22.8 Å². The summed E-state index contributed by atoms with van der Waals surface area (Å²) in [6.07, 6.45) is 1.46. The zero-order valence-corrected chi connectivity index (χ0v) is 19.0. The summed E-state index contributed by atoms with van der Waals surface area (Å²) in [5.41, 5.74) is 4.14. The highest BCUT2D eigenvalue weighted by Crippen LogP contribution is 2.34. The van der Waals surface area contributed by atoms with E-state index in [9.17, 15) is 13.2 Å². The fraction of sp³-hybridized carbons (Fsp3) is 0.240. The lowest BCUT2D eigenvalue weighted by atomic mass is 10.0. The van der Waals surface area contributed by atoms with Gasteiger partial charge in [0.1, 0.15) is 5.75 Å². The molecule has 1 amide bonds. The first-order chi connectivity index (χ1) is 15.3. The number of para-hydroxylation sites is 1. The van der Waals surface area contributed by atoms with Gasteiger partial charge in [0.2, 0.25) is 0 Å². The van der Waals surface area contributed by atoms with Crippen LogP contribution in [0.25, 0.3) is 0 Å². The normalized spacial score (nSPS) is 13.4. The SMILES string of the molecule is Cc1ccc(S(=O)(=O)N2CCCc3cc(NC(=O)COc4ccccc4C)ccc32)cc1. The number of ether oxygens (including phenoxy) is 1. The summed E-state index contributed by atoms with van der Waals surface area (Å²) in [5.74, 6) is 0.401. The molecule has 4 rings (SSSR count). The molecule has 0 radical (unpaired) electrons. The van der Waals surface area contributed by atoms with E-state index in [1.54, 1.807) is 36.4 Å². The predicted molar refractivity (Wildman–Crippen MR) is 126 cm³/mol. The molecule has 0 unspecified atom stereocenters. The van der Waals surface area contributed by atoms with E-state index in [0.717, 1.165) is 23.1 Å². The van der Waals surface area contributed by atoms with Crippen LogP contribution in [0.1, 0.15) is 23.1 Å². The quantitative estimate of drug-likeness (QED) is 0.602. The monoisotopic (exact) mass is 450 g/mol. The van der Waals surface area contributed by atoms with Crippen LogP contribution in [-0.2, 0) is 21.2 Å². The largest absolute Gasteiger partial charge is 0.483 e. The summed E-state index contributed by atoms with van der Waals surface area (Å²) in [6, 6.07) is 19.7. The number of nitrogens with one attached hydrogen (secondary N) is 1. The van der Waals surface area contributed by atoms with Crippen molar-refractivity contribution in [2.45, 2.75) is 31.6 Å². The maximum atomic E-state index is 13.2. The second kappa shape index (κ2) is 9.04. The molecule has 3 aromatic carbocycles. The van der Waals surface area contributed by atoms with Gasteiger partial charge in [-0.3, -0.25) is 9.10 Å². The number of sulfonamides is 1. The molecule has 0 aromatic heterocycles. The second-order valence-electron chi connectivity index (χ2n) is 7.94. The third kappa shape index (κ3) is 4.62. The Morgan fingerprint density at radius 3 is 2.53 bits per heavy atom. The van der Waals surface area contributed by atoms with Gasteiger partial charge in [-0.1, -0.05) is 35.9 Å². The summed E-state index contributed by atoms with van der Waals surface area (Å²) in [5, 5.41) is 2.84. The van der Waals surface area contributed by atoms with E-state index in [2.05, 4.69) is 5.32 Å². The Morgan fingerprint density at radius 1 is 1.03 bits per heavy atom. The number of anilines is 2. The maximum Gasteiger partial charge on any atom is 0.264 e. The zero-order chi connectivity index (χ0) is 22.7. The molecule has 0 bridgehead atoms. The lowest BCUT2D eigenvalue weighted by molar-refractivity contribution is -0.118. The highest BCUT2D eigenvalue weighted by molar-refractivity contribution is 7.92. The van der Waals surface area contributed by atoms with E-state index in [-0.39, 0.29) is 17.4 Å². The number of amides is 1. The van der Waals surface area contributed by atoms with Crippen LogP contribution in [0.15, 0.2) is 71.6 Å². The van der Waals surface area contributed by atoms with Gasteiger partial charge in [0.25, 0.3) is 15.9 Å². The summed E-state index contributed by atoms with van der Waals surface area (Å²) in [7, 11) is -3.65. The van der Waals surface area contributed by atoms with Crippen LogP contribution in [-0.4, -0.2) is 27.5 Å². The van der Waals surface area contributed by atoms with Crippen LogP contribution >= 0.6 is 0 Å². The maximum absolute atomic E-state index is 13.2. The minimum Gasteiger partial charge on any atom is -0.483 e. The predicted octanol–water partition coefficient (Wildman–Crippen LogP) is 4.46. The molecule has 1 heterocycles. The van der Waals surface area contributed by atoms with E-state index in [1.807, 2.05) is 44.2 Å². The Bertz CT molecular complexity index is 1240. The fourth-order valence-corrected chi connectivity index (χ4v) is 5.33. The first kappa shape index (κ1) is 21.9. The summed E-state index contributed by atoms with van der Waals surface area (Å²) < 4.78 is 33.5. The number of fused-ring (bicyclic) bond motifs is 1. The van der Waals surface area contributed by atoms with E-state index >= 15 is 0 Å². The first-order valence-corrected chi connectivity index (χ1v) is 12.0.